The number of carbonyl (C=O) groups is 1. The minimum atomic E-state index is 0.0406. The van der Waals surface area contributed by atoms with Crippen LogP contribution in [0.1, 0.15) is 57.2 Å². The summed E-state index contributed by atoms with van der Waals surface area (Å²) in [5.41, 5.74) is 0. The molecule has 1 aromatic heterocycles. The normalized spacial score (nSPS) is 22.6. The minimum Gasteiger partial charge on any atom is -0.339 e. The van der Waals surface area contributed by atoms with Gasteiger partial charge >= 0.3 is 6.03 Å². The third kappa shape index (κ3) is 3.74. The van der Waals surface area contributed by atoms with Crippen molar-refractivity contribution in [3.8, 4) is 0 Å². The maximum Gasteiger partial charge on any atom is 0.317 e. The summed E-state index contributed by atoms with van der Waals surface area (Å²) in [7, 11) is 0. The Bertz CT molecular complexity index is 496. The van der Waals surface area contributed by atoms with E-state index in [1.54, 1.807) is 0 Å². The first-order valence-corrected chi connectivity index (χ1v) is 7.99. The molecule has 1 atom stereocenters. The van der Waals surface area contributed by atoms with Crippen LogP contribution in [0.4, 0.5) is 4.79 Å². The second kappa shape index (κ2) is 6.03. The van der Waals surface area contributed by atoms with Gasteiger partial charge in [-0.2, -0.15) is 4.98 Å². The number of hydrogen-bond acceptors (Lipinski definition) is 4. The van der Waals surface area contributed by atoms with Crippen molar-refractivity contribution in [3.05, 3.63) is 11.7 Å². The molecule has 1 N–H and O–H groups in total. The van der Waals surface area contributed by atoms with E-state index < -0.39 is 0 Å². The molecule has 1 aromatic rings. The standard InChI is InChI=1S/C15H24N4O2/c1-10(2)16-15(20)19-7-3-4-11(9-19)8-13-17-14(18-21-13)12-5-6-12/h10-12H,3-9H2,1-2H3,(H,16,20)/t11-/m1/s1. The predicted octanol–water partition coefficient (Wildman–Crippen LogP) is 2.32. The van der Waals surface area contributed by atoms with Gasteiger partial charge in [-0.15, -0.1) is 0 Å². The van der Waals surface area contributed by atoms with Gasteiger partial charge in [-0.3, -0.25) is 0 Å². The molecule has 2 amide bonds. The summed E-state index contributed by atoms with van der Waals surface area (Å²) < 4.78 is 5.35. The van der Waals surface area contributed by atoms with Gasteiger partial charge in [0, 0.05) is 31.5 Å². The van der Waals surface area contributed by atoms with Gasteiger partial charge in [-0.1, -0.05) is 5.16 Å². The molecule has 2 aliphatic rings. The Hall–Kier alpha value is -1.59. The van der Waals surface area contributed by atoms with Crippen LogP contribution >= 0.6 is 0 Å². The number of carbonyl (C=O) groups excluding carboxylic acids is 1. The van der Waals surface area contributed by atoms with E-state index in [1.165, 1.54) is 12.8 Å². The Morgan fingerprint density at radius 3 is 2.95 bits per heavy atom. The Balaban J connectivity index is 1.53. The first kappa shape index (κ1) is 14.4. The van der Waals surface area contributed by atoms with Gasteiger partial charge in [0.25, 0.3) is 0 Å². The van der Waals surface area contributed by atoms with E-state index in [0.29, 0.717) is 11.8 Å². The predicted molar refractivity (Wildman–Crippen MR) is 77.9 cm³/mol. The Morgan fingerprint density at radius 1 is 1.43 bits per heavy atom. The monoisotopic (exact) mass is 292 g/mol. The van der Waals surface area contributed by atoms with Gasteiger partial charge in [-0.25, -0.2) is 4.79 Å². The van der Waals surface area contributed by atoms with Gasteiger partial charge in [0.1, 0.15) is 0 Å². The molecule has 2 fully saturated rings. The molecule has 1 saturated carbocycles. The zero-order chi connectivity index (χ0) is 14.8. The van der Waals surface area contributed by atoms with Gasteiger partial charge in [0.15, 0.2) is 5.82 Å². The fraction of sp³-hybridized carbons (Fsp3) is 0.800. The summed E-state index contributed by atoms with van der Waals surface area (Å²) in [4.78, 5) is 18.5. The van der Waals surface area contributed by atoms with Crippen LogP contribution in [0.2, 0.25) is 0 Å². The molecule has 0 aromatic carbocycles. The molecule has 0 radical (unpaired) electrons. The first-order chi connectivity index (χ1) is 10.1. The maximum atomic E-state index is 12.1. The van der Waals surface area contributed by atoms with E-state index in [-0.39, 0.29) is 12.1 Å². The minimum absolute atomic E-state index is 0.0406. The van der Waals surface area contributed by atoms with Crippen LogP contribution in [0.3, 0.4) is 0 Å². The Kier molecular flexibility index (Phi) is 4.12. The van der Waals surface area contributed by atoms with Gasteiger partial charge in [-0.05, 0) is 45.4 Å². The fourth-order valence-corrected chi connectivity index (χ4v) is 2.86. The zero-order valence-corrected chi connectivity index (χ0v) is 12.8. The van der Waals surface area contributed by atoms with Crippen LogP contribution in [-0.4, -0.2) is 40.2 Å². The average molecular weight is 292 g/mol. The number of aromatic nitrogens is 2. The van der Waals surface area contributed by atoms with Gasteiger partial charge < -0.3 is 14.7 Å². The summed E-state index contributed by atoms with van der Waals surface area (Å²) in [5, 5.41) is 7.02. The third-order valence-electron chi connectivity index (χ3n) is 4.11. The van der Waals surface area contributed by atoms with Crippen LogP contribution in [-0.2, 0) is 6.42 Å². The third-order valence-corrected chi connectivity index (χ3v) is 4.11. The highest BCUT2D eigenvalue weighted by Gasteiger charge is 2.30. The van der Waals surface area contributed by atoms with E-state index in [2.05, 4.69) is 15.5 Å². The second-order valence-electron chi connectivity index (χ2n) is 6.58. The van der Waals surface area contributed by atoms with Gasteiger partial charge in [0.2, 0.25) is 5.89 Å². The molecule has 3 rings (SSSR count). The van der Waals surface area contributed by atoms with Crippen LogP contribution in [0.5, 0.6) is 0 Å². The van der Waals surface area contributed by atoms with Crippen molar-refractivity contribution in [2.45, 2.75) is 57.9 Å². The molecular formula is C15H24N4O2. The SMILES string of the molecule is CC(C)NC(=O)N1CCC[C@H](Cc2nc(C3CC3)no2)C1. The Labute approximate surface area is 125 Å². The smallest absolute Gasteiger partial charge is 0.317 e. The van der Waals surface area contributed by atoms with Crippen molar-refractivity contribution in [1.29, 1.82) is 0 Å². The molecule has 1 aliphatic carbocycles. The van der Waals surface area contributed by atoms with Crippen molar-refractivity contribution >= 4 is 6.03 Å². The molecule has 116 valence electrons. The van der Waals surface area contributed by atoms with Crippen LogP contribution in [0.15, 0.2) is 4.52 Å². The maximum absolute atomic E-state index is 12.1. The van der Waals surface area contributed by atoms with Gasteiger partial charge in [0.05, 0.1) is 0 Å². The van der Waals surface area contributed by atoms with E-state index in [9.17, 15) is 4.79 Å². The molecule has 6 nitrogen and oxygen atoms in total. The average Bonchev–Trinajstić information content (AvgIpc) is 3.19. The molecule has 0 bridgehead atoms. The fourth-order valence-electron chi connectivity index (χ4n) is 2.86. The molecule has 21 heavy (non-hydrogen) atoms. The highest BCUT2D eigenvalue weighted by Crippen LogP contribution is 2.38. The van der Waals surface area contributed by atoms with Crippen LogP contribution in [0, 0.1) is 5.92 Å². The van der Waals surface area contributed by atoms with Crippen molar-refractivity contribution in [2.24, 2.45) is 5.92 Å². The van der Waals surface area contributed by atoms with Crippen LogP contribution < -0.4 is 5.32 Å². The molecule has 1 saturated heterocycles. The summed E-state index contributed by atoms with van der Waals surface area (Å²) >= 11 is 0. The van der Waals surface area contributed by atoms with E-state index in [1.807, 2.05) is 18.7 Å². The van der Waals surface area contributed by atoms with Crippen molar-refractivity contribution in [3.63, 3.8) is 0 Å². The Morgan fingerprint density at radius 2 is 2.24 bits per heavy atom. The van der Waals surface area contributed by atoms with E-state index >= 15 is 0 Å². The summed E-state index contributed by atoms with van der Waals surface area (Å²) in [5.74, 6) is 2.55. The molecule has 2 heterocycles. The van der Waals surface area contributed by atoms with Crippen LogP contribution in [0.25, 0.3) is 0 Å². The lowest BCUT2D eigenvalue weighted by Crippen LogP contribution is -2.47. The number of likely N-dealkylation sites (tertiary alicyclic amines) is 1. The molecular weight excluding hydrogens is 268 g/mol. The van der Waals surface area contributed by atoms with Crippen molar-refractivity contribution < 1.29 is 9.32 Å². The van der Waals surface area contributed by atoms with Crippen molar-refractivity contribution in [1.82, 2.24) is 20.4 Å². The molecule has 0 spiro atoms. The summed E-state index contributed by atoms with van der Waals surface area (Å²) in [6.07, 6.45) is 5.31. The topological polar surface area (TPSA) is 71.3 Å². The van der Waals surface area contributed by atoms with E-state index in [4.69, 9.17) is 4.52 Å². The second-order valence-corrected chi connectivity index (χ2v) is 6.58. The summed E-state index contributed by atoms with van der Waals surface area (Å²) in [6, 6.07) is 0.216. The quantitative estimate of drug-likeness (QED) is 0.924. The number of rotatable bonds is 4. The number of amides is 2. The molecule has 6 heteroatoms. The first-order valence-electron chi connectivity index (χ1n) is 7.99. The number of hydrogen-bond donors (Lipinski definition) is 1. The highest BCUT2D eigenvalue weighted by atomic mass is 16.5. The molecule has 1 aliphatic heterocycles. The highest BCUT2D eigenvalue weighted by molar-refractivity contribution is 5.74. The lowest BCUT2D eigenvalue weighted by atomic mass is 9.95. The lowest BCUT2D eigenvalue weighted by molar-refractivity contribution is 0.159. The van der Waals surface area contributed by atoms with E-state index in [0.717, 1.165) is 44.1 Å². The molecule has 0 unspecified atom stereocenters. The summed E-state index contributed by atoms with van der Waals surface area (Å²) in [6.45, 7) is 5.58. The number of piperidine rings is 1. The zero-order valence-electron chi connectivity index (χ0n) is 12.8. The number of urea groups is 1. The largest absolute Gasteiger partial charge is 0.339 e. The lowest BCUT2D eigenvalue weighted by Gasteiger charge is -2.32. The number of nitrogens with zero attached hydrogens (tertiary/aromatic N) is 3. The van der Waals surface area contributed by atoms with Crippen molar-refractivity contribution in [2.75, 3.05) is 13.1 Å². The number of nitrogens with one attached hydrogen (secondary N) is 1.